The number of rotatable bonds is 9. The van der Waals surface area contributed by atoms with Crippen LogP contribution in [0.3, 0.4) is 0 Å². The van der Waals surface area contributed by atoms with Crippen molar-refractivity contribution in [3.05, 3.63) is 11.9 Å². The minimum absolute atomic E-state index is 0.411. The number of methoxy groups -OCH3 is 2. The van der Waals surface area contributed by atoms with Gasteiger partial charge in [-0.25, -0.2) is 9.97 Å². The van der Waals surface area contributed by atoms with Crippen molar-refractivity contribution in [2.24, 2.45) is 0 Å². The normalized spacial score (nSPS) is 10.5. The predicted octanol–water partition coefficient (Wildman–Crippen LogP) is 1.53. The SMILES string of the molecule is CCNc1cc(N(CC)CCOC)nc(COC)n1. The van der Waals surface area contributed by atoms with E-state index in [0.717, 1.165) is 31.3 Å². The van der Waals surface area contributed by atoms with Crippen LogP contribution in [0, 0.1) is 0 Å². The first kappa shape index (κ1) is 15.7. The van der Waals surface area contributed by atoms with Gasteiger partial charge in [0.1, 0.15) is 18.2 Å². The summed E-state index contributed by atoms with van der Waals surface area (Å²) >= 11 is 0. The van der Waals surface area contributed by atoms with Crippen LogP contribution in [0.15, 0.2) is 6.07 Å². The van der Waals surface area contributed by atoms with E-state index in [1.165, 1.54) is 0 Å². The van der Waals surface area contributed by atoms with Crippen LogP contribution in [0.25, 0.3) is 0 Å². The molecule has 0 aliphatic heterocycles. The minimum atomic E-state index is 0.411. The Balaban J connectivity index is 2.94. The Labute approximate surface area is 115 Å². The smallest absolute Gasteiger partial charge is 0.158 e. The predicted molar refractivity (Wildman–Crippen MR) is 76.7 cm³/mol. The molecule has 6 heteroatoms. The number of ether oxygens (including phenoxy) is 2. The molecular weight excluding hydrogens is 244 g/mol. The van der Waals surface area contributed by atoms with Crippen molar-refractivity contribution in [3.63, 3.8) is 0 Å². The molecule has 0 amide bonds. The van der Waals surface area contributed by atoms with Crippen molar-refractivity contribution in [1.29, 1.82) is 0 Å². The maximum atomic E-state index is 5.13. The largest absolute Gasteiger partial charge is 0.383 e. The second-order valence-electron chi connectivity index (χ2n) is 4.06. The first-order valence-electron chi connectivity index (χ1n) is 6.59. The second-order valence-corrected chi connectivity index (χ2v) is 4.06. The van der Waals surface area contributed by atoms with Crippen LogP contribution in [0.1, 0.15) is 19.7 Å². The zero-order chi connectivity index (χ0) is 14.1. The molecule has 1 N–H and O–H groups in total. The highest BCUT2D eigenvalue weighted by Gasteiger charge is 2.10. The molecule has 19 heavy (non-hydrogen) atoms. The molecule has 0 saturated heterocycles. The lowest BCUT2D eigenvalue weighted by atomic mass is 10.4. The third-order valence-corrected chi connectivity index (χ3v) is 2.66. The summed E-state index contributed by atoms with van der Waals surface area (Å²) in [5, 5.41) is 3.22. The van der Waals surface area contributed by atoms with Gasteiger partial charge in [0.05, 0.1) is 6.61 Å². The highest BCUT2D eigenvalue weighted by atomic mass is 16.5. The van der Waals surface area contributed by atoms with Crippen molar-refractivity contribution < 1.29 is 9.47 Å². The molecule has 0 radical (unpaired) electrons. The van der Waals surface area contributed by atoms with Crippen LogP contribution in [0.4, 0.5) is 11.6 Å². The number of nitrogens with zero attached hydrogens (tertiary/aromatic N) is 3. The maximum Gasteiger partial charge on any atom is 0.158 e. The minimum Gasteiger partial charge on any atom is -0.383 e. The molecular formula is C13H24N4O2. The van der Waals surface area contributed by atoms with E-state index in [9.17, 15) is 0 Å². The van der Waals surface area contributed by atoms with Gasteiger partial charge in [0, 0.05) is 39.9 Å². The number of nitrogens with one attached hydrogen (secondary N) is 1. The zero-order valence-electron chi connectivity index (χ0n) is 12.3. The molecule has 0 aromatic carbocycles. The number of aromatic nitrogens is 2. The molecule has 0 fully saturated rings. The Morgan fingerprint density at radius 3 is 2.58 bits per heavy atom. The molecule has 0 unspecified atom stereocenters. The van der Waals surface area contributed by atoms with Crippen LogP contribution < -0.4 is 10.2 Å². The standard InChI is InChI=1S/C13H24N4O2/c1-5-14-11-9-13(16-12(15-11)10-19-4)17(6-2)7-8-18-3/h9H,5-8,10H2,1-4H3,(H,14,15,16). The maximum absolute atomic E-state index is 5.13. The van der Waals surface area contributed by atoms with Gasteiger partial charge in [-0.05, 0) is 13.8 Å². The van der Waals surface area contributed by atoms with Crippen LogP contribution >= 0.6 is 0 Å². The summed E-state index contributed by atoms with van der Waals surface area (Å²) in [6, 6.07) is 1.96. The highest BCUT2D eigenvalue weighted by molar-refractivity contribution is 5.49. The molecule has 1 aromatic heterocycles. The van der Waals surface area contributed by atoms with Crippen LogP contribution in [0.2, 0.25) is 0 Å². The molecule has 0 aliphatic rings. The first-order valence-corrected chi connectivity index (χ1v) is 6.59. The van der Waals surface area contributed by atoms with E-state index < -0.39 is 0 Å². The van der Waals surface area contributed by atoms with Gasteiger partial charge < -0.3 is 19.7 Å². The Hall–Kier alpha value is -1.40. The van der Waals surface area contributed by atoms with Crippen molar-refractivity contribution in [2.75, 3.05) is 50.7 Å². The second kappa shape index (κ2) is 8.66. The highest BCUT2D eigenvalue weighted by Crippen LogP contribution is 2.16. The quantitative estimate of drug-likeness (QED) is 0.733. The Kier molecular flexibility index (Phi) is 7.14. The summed E-state index contributed by atoms with van der Waals surface area (Å²) in [4.78, 5) is 11.1. The summed E-state index contributed by atoms with van der Waals surface area (Å²) in [7, 11) is 3.35. The lowest BCUT2D eigenvalue weighted by molar-refractivity contribution is 0.178. The third kappa shape index (κ3) is 5.00. The van der Waals surface area contributed by atoms with Crippen molar-refractivity contribution in [3.8, 4) is 0 Å². The lowest BCUT2D eigenvalue weighted by Gasteiger charge is -2.22. The molecule has 6 nitrogen and oxygen atoms in total. The van der Waals surface area contributed by atoms with E-state index in [1.807, 2.05) is 13.0 Å². The summed E-state index contributed by atoms with van der Waals surface area (Å²) < 4.78 is 10.2. The fraction of sp³-hybridized carbons (Fsp3) is 0.692. The van der Waals surface area contributed by atoms with E-state index in [2.05, 4.69) is 27.1 Å². The summed E-state index contributed by atoms with van der Waals surface area (Å²) in [5.41, 5.74) is 0. The number of anilines is 2. The van der Waals surface area contributed by atoms with Crippen molar-refractivity contribution in [1.82, 2.24) is 9.97 Å². The van der Waals surface area contributed by atoms with Gasteiger partial charge in [-0.3, -0.25) is 0 Å². The number of hydrogen-bond acceptors (Lipinski definition) is 6. The van der Waals surface area contributed by atoms with Gasteiger partial charge in [0.25, 0.3) is 0 Å². The van der Waals surface area contributed by atoms with Gasteiger partial charge in [-0.15, -0.1) is 0 Å². The molecule has 108 valence electrons. The average Bonchev–Trinajstić information content (AvgIpc) is 2.40. The van der Waals surface area contributed by atoms with E-state index in [0.29, 0.717) is 19.0 Å². The van der Waals surface area contributed by atoms with E-state index >= 15 is 0 Å². The Morgan fingerprint density at radius 1 is 1.21 bits per heavy atom. The Morgan fingerprint density at radius 2 is 2.00 bits per heavy atom. The van der Waals surface area contributed by atoms with Gasteiger partial charge in [0.2, 0.25) is 0 Å². The third-order valence-electron chi connectivity index (χ3n) is 2.66. The Bertz CT molecular complexity index is 349. The fourth-order valence-electron chi connectivity index (χ4n) is 1.75. The first-order chi connectivity index (χ1) is 9.24. The van der Waals surface area contributed by atoms with Gasteiger partial charge in [-0.2, -0.15) is 0 Å². The summed E-state index contributed by atoms with van der Waals surface area (Å²) in [5.74, 6) is 2.42. The monoisotopic (exact) mass is 268 g/mol. The van der Waals surface area contributed by atoms with E-state index in [1.54, 1.807) is 14.2 Å². The van der Waals surface area contributed by atoms with Crippen molar-refractivity contribution in [2.45, 2.75) is 20.5 Å². The number of likely N-dealkylation sites (N-methyl/N-ethyl adjacent to an activating group) is 1. The van der Waals surface area contributed by atoms with Crippen LogP contribution in [0.5, 0.6) is 0 Å². The van der Waals surface area contributed by atoms with Gasteiger partial charge in [-0.1, -0.05) is 0 Å². The van der Waals surface area contributed by atoms with Crippen molar-refractivity contribution >= 4 is 11.6 Å². The van der Waals surface area contributed by atoms with Crippen LogP contribution in [-0.4, -0.2) is 50.4 Å². The molecule has 1 heterocycles. The molecule has 0 aliphatic carbocycles. The average molecular weight is 268 g/mol. The summed E-state index contributed by atoms with van der Waals surface area (Å²) in [6.07, 6.45) is 0. The molecule has 0 saturated carbocycles. The molecule has 1 rings (SSSR count). The lowest BCUT2D eigenvalue weighted by Crippen LogP contribution is -2.28. The van der Waals surface area contributed by atoms with Gasteiger partial charge >= 0.3 is 0 Å². The van der Waals surface area contributed by atoms with Crippen LogP contribution in [-0.2, 0) is 16.1 Å². The van der Waals surface area contributed by atoms with Gasteiger partial charge in [0.15, 0.2) is 5.82 Å². The fourth-order valence-corrected chi connectivity index (χ4v) is 1.75. The zero-order valence-corrected chi connectivity index (χ0v) is 12.3. The van der Waals surface area contributed by atoms with E-state index in [4.69, 9.17) is 9.47 Å². The molecule has 1 aromatic rings. The number of hydrogen-bond donors (Lipinski definition) is 1. The van der Waals surface area contributed by atoms with E-state index in [-0.39, 0.29) is 0 Å². The topological polar surface area (TPSA) is 59.5 Å². The molecule has 0 spiro atoms. The molecule has 0 bridgehead atoms. The summed E-state index contributed by atoms with van der Waals surface area (Å²) in [6.45, 7) is 7.73. The molecule has 0 atom stereocenters.